The number of amides is 1. The first-order chi connectivity index (χ1) is 14.3. The highest BCUT2D eigenvalue weighted by molar-refractivity contribution is 6.07. The van der Waals surface area contributed by atoms with E-state index < -0.39 is 0 Å². The number of unbranched alkanes of at least 4 members (excludes halogenated alkanes) is 1. The zero-order chi connectivity index (χ0) is 20.1. The van der Waals surface area contributed by atoms with E-state index in [-0.39, 0.29) is 12.5 Å². The molecule has 0 spiro atoms. The normalized spacial score (nSPS) is 14.4. The Labute approximate surface area is 171 Å². The van der Waals surface area contributed by atoms with Gasteiger partial charge in [0, 0.05) is 36.7 Å². The largest absolute Gasteiger partial charge is 0.392 e. The van der Waals surface area contributed by atoms with Crippen LogP contribution in [0.25, 0.3) is 10.9 Å². The van der Waals surface area contributed by atoms with Crippen LogP contribution in [0.15, 0.2) is 54.7 Å². The maximum atomic E-state index is 13.0. The van der Waals surface area contributed by atoms with Gasteiger partial charge < -0.3 is 19.3 Å². The predicted molar refractivity (Wildman–Crippen MR) is 114 cm³/mol. The lowest BCUT2D eigenvalue weighted by molar-refractivity contribution is 0.0304. The Morgan fingerprint density at radius 3 is 2.48 bits per heavy atom. The molecule has 152 valence electrons. The molecule has 2 aromatic carbocycles. The number of aliphatic hydroxyl groups excluding tert-OH is 1. The van der Waals surface area contributed by atoms with Crippen LogP contribution in [-0.2, 0) is 24.3 Å². The van der Waals surface area contributed by atoms with Crippen molar-refractivity contribution in [1.29, 1.82) is 0 Å². The quantitative estimate of drug-likeness (QED) is 0.625. The van der Waals surface area contributed by atoms with Gasteiger partial charge in [-0.3, -0.25) is 4.79 Å². The molecular formula is C24H28N2O3. The van der Waals surface area contributed by atoms with Gasteiger partial charge in [-0.05, 0) is 36.5 Å². The molecule has 0 unspecified atom stereocenters. The van der Waals surface area contributed by atoms with Gasteiger partial charge in [-0.25, -0.2) is 0 Å². The van der Waals surface area contributed by atoms with Crippen molar-refractivity contribution < 1.29 is 14.6 Å². The van der Waals surface area contributed by atoms with Crippen LogP contribution in [0.5, 0.6) is 0 Å². The molecular weight excluding hydrogens is 364 g/mol. The molecule has 0 bridgehead atoms. The Balaban J connectivity index is 1.45. The number of carbonyl (C=O) groups is 1. The standard InChI is InChI=1S/C24H28N2O3/c27-18-20-9-2-1-7-19(20)8-5-6-12-26-17-22(21-10-3-4-11-23(21)26)24(28)25-13-15-29-16-14-25/h1-4,7,9-11,17,27H,5-6,8,12-16,18H2. The maximum Gasteiger partial charge on any atom is 0.256 e. The molecule has 4 rings (SSSR count). The van der Waals surface area contributed by atoms with E-state index in [2.05, 4.69) is 16.7 Å². The third-order valence-corrected chi connectivity index (χ3v) is 5.70. The van der Waals surface area contributed by atoms with Gasteiger partial charge in [0.1, 0.15) is 0 Å². The van der Waals surface area contributed by atoms with Crippen molar-refractivity contribution in [3.8, 4) is 0 Å². The average Bonchev–Trinajstić information content (AvgIpc) is 3.16. The second kappa shape index (κ2) is 9.25. The summed E-state index contributed by atoms with van der Waals surface area (Å²) in [5, 5.41) is 10.5. The van der Waals surface area contributed by atoms with Gasteiger partial charge in [-0.15, -0.1) is 0 Å². The maximum absolute atomic E-state index is 13.0. The molecule has 1 aromatic heterocycles. The lowest BCUT2D eigenvalue weighted by Crippen LogP contribution is -2.40. The summed E-state index contributed by atoms with van der Waals surface area (Å²) < 4.78 is 7.59. The lowest BCUT2D eigenvalue weighted by atomic mass is 10.0. The van der Waals surface area contributed by atoms with Crippen molar-refractivity contribution in [2.45, 2.75) is 32.4 Å². The molecule has 1 saturated heterocycles. The number of ether oxygens (including phenoxy) is 1. The van der Waals surface area contributed by atoms with Crippen molar-refractivity contribution in [2.24, 2.45) is 0 Å². The first-order valence-electron chi connectivity index (χ1n) is 10.4. The van der Waals surface area contributed by atoms with Gasteiger partial charge in [0.25, 0.3) is 5.91 Å². The smallest absolute Gasteiger partial charge is 0.256 e. The van der Waals surface area contributed by atoms with Crippen LogP contribution in [0.1, 0.15) is 34.3 Å². The fourth-order valence-electron chi connectivity index (χ4n) is 4.09. The number of aryl methyl sites for hydroxylation is 2. The third kappa shape index (κ3) is 4.36. The van der Waals surface area contributed by atoms with E-state index in [1.54, 1.807) is 0 Å². The van der Waals surface area contributed by atoms with E-state index in [0.29, 0.717) is 26.3 Å². The molecule has 1 N–H and O–H groups in total. The van der Waals surface area contributed by atoms with Crippen molar-refractivity contribution in [3.05, 3.63) is 71.4 Å². The Kier molecular flexibility index (Phi) is 6.27. The van der Waals surface area contributed by atoms with E-state index in [0.717, 1.165) is 47.8 Å². The summed E-state index contributed by atoms with van der Waals surface area (Å²) in [6.45, 7) is 3.49. The Hall–Kier alpha value is -2.63. The molecule has 1 aliphatic heterocycles. The molecule has 5 heteroatoms. The van der Waals surface area contributed by atoms with Crippen LogP contribution in [0, 0.1) is 0 Å². The average molecular weight is 392 g/mol. The first-order valence-corrected chi connectivity index (χ1v) is 10.4. The number of rotatable bonds is 7. The number of nitrogens with zero attached hydrogens (tertiary/aromatic N) is 2. The number of benzene rings is 2. The lowest BCUT2D eigenvalue weighted by Gasteiger charge is -2.26. The highest BCUT2D eigenvalue weighted by Gasteiger charge is 2.22. The van der Waals surface area contributed by atoms with E-state index in [1.165, 1.54) is 5.56 Å². The van der Waals surface area contributed by atoms with Crippen molar-refractivity contribution in [2.75, 3.05) is 26.3 Å². The number of fused-ring (bicyclic) bond motifs is 1. The number of para-hydroxylation sites is 1. The highest BCUT2D eigenvalue weighted by atomic mass is 16.5. The number of aliphatic hydroxyl groups is 1. The fourth-order valence-corrected chi connectivity index (χ4v) is 4.09. The molecule has 0 atom stereocenters. The minimum atomic E-state index is 0.0887. The molecule has 2 heterocycles. The van der Waals surface area contributed by atoms with Crippen LogP contribution in [0.2, 0.25) is 0 Å². The summed E-state index contributed by atoms with van der Waals surface area (Å²) in [6.07, 6.45) is 5.03. The number of hydrogen-bond donors (Lipinski definition) is 1. The van der Waals surface area contributed by atoms with Gasteiger partial charge in [0.15, 0.2) is 0 Å². The SMILES string of the molecule is O=C(c1cn(CCCCc2ccccc2CO)c2ccccc12)N1CCOCC1. The third-order valence-electron chi connectivity index (χ3n) is 5.70. The van der Waals surface area contributed by atoms with E-state index in [1.807, 2.05) is 47.5 Å². The second-order valence-corrected chi connectivity index (χ2v) is 7.54. The van der Waals surface area contributed by atoms with Crippen LogP contribution >= 0.6 is 0 Å². The number of aromatic nitrogens is 1. The number of carbonyl (C=O) groups excluding carboxylic acids is 1. The van der Waals surface area contributed by atoms with Crippen molar-refractivity contribution in [3.63, 3.8) is 0 Å². The molecule has 29 heavy (non-hydrogen) atoms. The molecule has 0 radical (unpaired) electrons. The van der Waals surface area contributed by atoms with Crippen molar-refractivity contribution >= 4 is 16.8 Å². The number of hydrogen-bond acceptors (Lipinski definition) is 3. The van der Waals surface area contributed by atoms with Gasteiger partial charge in [-0.1, -0.05) is 42.5 Å². The number of morpholine rings is 1. The van der Waals surface area contributed by atoms with E-state index >= 15 is 0 Å². The van der Waals surface area contributed by atoms with Gasteiger partial charge in [0.05, 0.1) is 25.4 Å². The molecule has 3 aromatic rings. The first kappa shape index (κ1) is 19.7. The van der Waals surface area contributed by atoms with Gasteiger partial charge >= 0.3 is 0 Å². The summed E-state index contributed by atoms with van der Waals surface area (Å²) in [5.41, 5.74) is 4.13. The molecule has 1 aliphatic rings. The van der Waals surface area contributed by atoms with Crippen molar-refractivity contribution in [1.82, 2.24) is 9.47 Å². The minimum absolute atomic E-state index is 0.0887. The Morgan fingerprint density at radius 2 is 1.69 bits per heavy atom. The predicted octanol–water partition coefficient (Wildman–Crippen LogP) is 3.63. The monoisotopic (exact) mass is 392 g/mol. The second-order valence-electron chi connectivity index (χ2n) is 7.54. The van der Waals surface area contributed by atoms with Crippen LogP contribution < -0.4 is 0 Å². The Morgan fingerprint density at radius 1 is 0.966 bits per heavy atom. The van der Waals surface area contributed by atoms with Crippen LogP contribution in [0.4, 0.5) is 0 Å². The van der Waals surface area contributed by atoms with Crippen LogP contribution in [0.3, 0.4) is 0 Å². The topological polar surface area (TPSA) is 54.7 Å². The van der Waals surface area contributed by atoms with Gasteiger partial charge in [-0.2, -0.15) is 0 Å². The zero-order valence-corrected chi connectivity index (χ0v) is 16.7. The van der Waals surface area contributed by atoms with Crippen LogP contribution in [-0.4, -0.2) is 46.8 Å². The zero-order valence-electron chi connectivity index (χ0n) is 16.7. The summed E-state index contributed by atoms with van der Waals surface area (Å²) in [7, 11) is 0. The summed E-state index contributed by atoms with van der Waals surface area (Å²) in [4.78, 5) is 14.9. The molecule has 0 saturated carbocycles. The minimum Gasteiger partial charge on any atom is -0.392 e. The summed E-state index contributed by atoms with van der Waals surface area (Å²) in [5.74, 6) is 0.0973. The fraction of sp³-hybridized carbons (Fsp3) is 0.375. The molecule has 1 amide bonds. The molecule has 5 nitrogen and oxygen atoms in total. The Bertz CT molecular complexity index is 973. The molecule has 0 aliphatic carbocycles. The van der Waals surface area contributed by atoms with E-state index in [4.69, 9.17) is 4.74 Å². The summed E-state index contributed by atoms with van der Waals surface area (Å²) >= 11 is 0. The highest BCUT2D eigenvalue weighted by Crippen LogP contribution is 2.24. The van der Waals surface area contributed by atoms with E-state index in [9.17, 15) is 9.90 Å². The summed E-state index contributed by atoms with van der Waals surface area (Å²) in [6, 6.07) is 16.2. The van der Waals surface area contributed by atoms with Gasteiger partial charge in [0.2, 0.25) is 0 Å². The molecule has 1 fully saturated rings.